The minimum atomic E-state index is -0.267. The first-order valence-corrected chi connectivity index (χ1v) is 10.6. The summed E-state index contributed by atoms with van der Waals surface area (Å²) >= 11 is 0. The Morgan fingerprint density at radius 1 is 1.13 bits per heavy atom. The van der Waals surface area contributed by atoms with Gasteiger partial charge in [-0.2, -0.15) is 0 Å². The Morgan fingerprint density at radius 3 is 2.50 bits per heavy atom. The largest absolute Gasteiger partial charge is 0.459 e. The SMILES string of the molecule is CCNC(=NCc1ccc(NC(=O)c2ccco2)cc1)NCCC(OCC)C(C)C. The molecular weight excluding hydrogens is 380 g/mol. The van der Waals surface area contributed by atoms with Crippen molar-refractivity contribution in [3.63, 3.8) is 0 Å². The second-order valence-electron chi connectivity index (χ2n) is 7.28. The van der Waals surface area contributed by atoms with Crippen molar-refractivity contribution in [3.05, 3.63) is 54.0 Å². The number of benzene rings is 1. The topological polar surface area (TPSA) is 87.9 Å². The van der Waals surface area contributed by atoms with Crippen LogP contribution in [-0.4, -0.2) is 37.7 Å². The third-order valence-corrected chi connectivity index (χ3v) is 4.57. The van der Waals surface area contributed by atoms with Gasteiger partial charge >= 0.3 is 0 Å². The van der Waals surface area contributed by atoms with Crippen LogP contribution in [-0.2, 0) is 11.3 Å². The van der Waals surface area contributed by atoms with Crippen LogP contribution < -0.4 is 16.0 Å². The van der Waals surface area contributed by atoms with E-state index in [-0.39, 0.29) is 17.8 Å². The number of furan rings is 1. The van der Waals surface area contributed by atoms with Gasteiger partial charge in [-0.3, -0.25) is 4.79 Å². The van der Waals surface area contributed by atoms with E-state index in [1.54, 1.807) is 12.1 Å². The molecule has 0 bridgehead atoms. The maximum absolute atomic E-state index is 12.0. The van der Waals surface area contributed by atoms with E-state index in [9.17, 15) is 4.79 Å². The molecule has 1 heterocycles. The molecule has 3 N–H and O–H groups in total. The molecule has 0 spiro atoms. The number of ether oxygens (including phenoxy) is 1. The summed E-state index contributed by atoms with van der Waals surface area (Å²) in [7, 11) is 0. The summed E-state index contributed by atoms with van der Waals surface area (Å²) in [6, 6.07) is 10.9. The van der Waals surface area contributed by atoms with Crippen LogP contribution in [0.1, 0.15) is 50.2 Å². The van der Waals surface area contributed by atoms with Crippen LogP contribution in [0.4, 0.5) is 5.69 Å². The van der Waals surface area contributed by atoms with Crippen molar-refractivity contribution in [2.45, 2.75) is 46.8 Å². The van der Waals surface area contributed by atoms with Gasteiger partial charge in [0.25, 0.3) is 5.91 Å². The van der Waals surface area contributed by atoms with E-state index in [1.807, 2.05) is 38.1 Å². The lowest BCUT2D eigenvalue weighted by Crippen LogP contribution is -2.39. The summed E-state index contributed by atoms with van der Waals surface area (Å²) in [6.45, 7) is 11.3. The highest BCUT2D eigenvalue weighted by atomic mass is 16.5. The van der Waals surface area contributed by atoms with Crippen LogP contribution in [0.25, 0.3) is 0 Å². The van der Waals surface area contributed by atoms with Crippen molar-refractivity contribution in [2.24, 2.45) is 10.9 Å². The fraction of sp³-hybridized carbons (Fsp3) is 0.478. The van der Waals surface area contributed by atoms with E-state index in [4.69, 9.17) is 9.15 Å². The molecule has 0 aliphatic rings. The number of guanidine groups is 1. The second kappa shape index (κ2) is 12.7. The number of carbonyl (C=O) groups excluding carboxylic acids is 1. The second-order valence-corrected chi connectivity index (χ2v) is 7.28. The first kappa shape index (κ1) is 23.5. The molecule has 1 amide bonds. The van der Waals surface area contributed by atoms with Crippen molar-refractivity contribution >= 4 is 17.6 Å². The number of aliphatic imine (C=N–C) groups is 1. The monoisotopic (exact) mass is 414 g/mol. The average Bonchev–Trinajstić information content (AvgIpc) is 3.27. The summed E-state index contributed by atoms with van der Waals surface area (Å²) in [5.74, 6) is 1.29. The van der Waals surface area contributed by atoms with E-state index in [1.165, 1.54) is 6.26 Å². The maximum atomic E-state index is 12.0. The Morgan fingerprint density at radius 2 is 1.90 bits per heavy atom. The normalized spacial score (nSPS) is 12.6. The highest BCUT2D eigenvalue weighted by molar-refractivity contribution is 6.02. The summed E-state index contributed by atoms with van der Waals surface area (Å²) < 4.78 is 10.9. The molecule has 0 aliphatic carbocycles. The highest BCUT2D eigenvalue weighted by Gasteiger charge is 2.13. The molecule has 2 aromatic rings. The molecule has 30 heavy (non-hydrogen) atoms. The van der Waals surface area contributed by atoms with Crippen LogP contribution >= 0.6 is 0 Å². The van der Waals surface area contributed by atoms with Crippen LogP contribution in [0.5, 0.6) is 0 Å². The molecule has 164 valence electrons. The first-order valence-electron chi connectivity index (χ1n) is 10.6. The zero-order valence-corrected chi connectivity index (χ0v) is 18.4. The Hall–Kier alpha value is -2.80. The van der Waals surface area contributed by atoms with E-state index in [2.05, 4.69) is 34.8 Å². The van der Waals surface area contributed by atoms with Gasteiger partial charge in [-0.1, -0.05) is 26.0 Å². The molecule has 0 fully saturated rings. The van der Waals surface area contributed by atoms with Crippen molar-refractivity contribution in [2.75, 3.05) is 25.0 Å². The van der Waals surface area contributed by atoms with Gasteiger partial charge < -0.3 is 25.1 Å². The van der Waals surface area contributed by atoms with Crippen LogP contribution in [0.3, 0.4) is 0 Å². The van der Waals surface area contributed by atoms with Gasteiger partial charge in [0, 0.05) is 25.4 Å². The van der Waals surface area contributed by atoms with Gasteiger partial charge in [-0.05, 0) is 56.0 Å². The van der Waals surface area contributed by atoms with Gasteiger partial charge in [0.2, 0.25) is 0 Å². The number of anilines is 1. The fourth-order valence-electron chi connectivity index (χ4n) is 2.96. The maximum Gasteiger partial charge on any atom is 0.291 e. The predicted octanol–water partition coefficient (Wildman–Crippen LogP) is 4.04. The van der Waals surface area contributed by atoms with Crippen LogP contribution in [0.2, 0.25) is 0 Å². The van der Waals surface area contributed by atoms with Crippen LogP contribution in [0.15, 0.2) is 52.1 Å². The first-order chi connectivity index (χ1) is 14.5. The Bertz CT molecular complexity index is 770. The molecule has 1 aromatic heterocycles. The number of hydrogen-bond donors (Lipinski definition) is 3. The standard InChI is InChI=1S/C23H34N4O3/c1-5-24-23(25-14-13-20(17(3)4)29-6-2)26-16-18-9-11-19(12-10-18)27-22(28)21-8-7-15-30-21/h7-12,15,17,20H,5-6,13-14,16H2,1-4H3,(H,27,28)(H2,24,25,26). The van der Waals surface area contributed by atoms with Gasteiger partial charge in [0.1, 0.15) is 0 Å². The molecule has 7 heteroatoms. The lowest BCUT2D eigenvalue weighted by Gasteiger charge is -2.21. The third kappa shape index (κ3) is 7.91. The Balaban J connectivity index is 1.86. The molecule has 0 radical (unpaired) electrons. The average molecular weight is 415 g/mol. The molecule has 1 unspecified atom stereocenters. The molecular formula is C23H34N4O3. The molecule has 2 rings (SSSR count). The number of amides is 1. The minimum Gasteiger partial charge on any atom is -0.459 e. The number of rotatable bonds is 11. The minimum absolute atomic E-state index is 0.245. The predicted molar refractivity (Wildman–Crippen MR) is 121 cm³/mol. The van der Waals surface area contributed by atoms with Gasteiger partial charge in [0.05, 0.1) is 18.9 Å². The molecule has 1 aromatic carbocycles. The summed E-state index contributed by atoms with van der Waals surface area (Å²) in [4.78, 5) is 16.7. The van der Waals surface area contributed by atoms with Crippen LogP contribution in [0, 0.1) is 5.92 Å². The van der Waals surface area contributed by atoms with Crippen molar-refractivity contribution < 1.29 is 13.9 Å². The van der Waals surface area contributed by atoms with Crippen molar-refractivity contribution in [1.82, 2.24) is 10.6 Å². The number of nitrogens with one attached hydrogen (secondary N) is 3. The molecule has 0 aliphatic heterocycles. The van der Waals surface area contributed by atoms with E-state index in [0.717, 1.165) is 37.6 Å². The summed E-state index contributed by atoms with van der Waals surface area (Å²) in [6.07, 6.45) is 2.65. The van der Waals surface area contributed by atoms with Gasteiger partial charge in [-0.15, -0.1) is 0 Å². The number of carbonyl (C=O) groups is 1. The van der Waals surface area contributed by atoms with Crippen molar-refractivity contribution in [1.29, 1.82) is 0 Å². The van der Waals surface area contributed by atoms with E-state index < -0.39 is 0 Å². The summed E-state index contributed by atoms with van der Waals surface area (Å²) in [5, 5.41) is 9.46. The third-order valence-electron chi connectivity index (χ3n) is 4.57. The smallest absolute Gasteiger partial charge is 0.291 e. The number of nitrogens with zero attached hydrogens (tertiary/aromatic N) is 1. The van der Waals surface area contributed by atoms with E-state index >= 15 is 0 Å². The zero-order chi connectivity index (χ0) is 21.8. The lowest BCUT2D eigenvalue weighted by atomic mass is 10.0. The quantitative estimate of drug-likeness (QED) is 0.382. The zero-order valence-electron chi connectivity index (χ0n) is 18.4. The molecule has 1 atom stereocenters. The highest BCUT2D eigenvalue weighted by Crippen LogP contribution is 2.13. The lowest BCUT2D eigenvalue weighted by molar-refractivity contribution is 0.0258. The fourth-order valence-corrected chi connectivity index (χ4v) is 2.96. The molecule has 7 nitrogen and oxygen atoms in total. The molecule has 0 saturated carbocycles. The van der Waals surface area contributed by atoms with Gasteiger partial charge in [-0.25, -0.2) is 4.99 Å². The van der Waals surface area contributed by atoms with E-state index in [0.29, 0.717) is 18.2 Å². The summed E-state index contributed by atoms with van der Waals surface area (Å²) in [5.41, 5.74) is 1.77. The molecule has 0 saturated heterocycles. The Labute approximate surface area is 179 Å². The number of hydrogen-bond acceptors (Lipinski definition) is 4. The van der Waals surface area contributed by atoms with Crippen molar-refractivity contribution in [3.8, 4) is 0 Å². The Kier molecular flexibility index (Phi) is 9.94. The van der Waals surface area contributed by atoms with Gasteiger partial charge in [0.15, 0.2) is 11.7 Å².